The minimum atomic E-state index is 0.0246. The summed E-state index contributed by atoms with van der Waals surface area (Å²) in [6, 6.07) is 18.0. The van der Waals surface area contributed by atoms with Crippen molar-refractivity contribution in [1.82, 2.24) is 9.88 Å². The quantitative estimate of drug-likeness (QED) is 0.597. The van der Waals surface area contributed by atoms with E-state index in [2.05, 4.69) is 35.9 Å². The number of rotatable bonds is 9. The summed E-state index contributed by atoms with van der Waals surface area (Å²) in [5, 5.41) is 9.95. The van der Waals surface area contributed by atoms with Gasteiger partial charge in [-0.25, -0.2) is 4.98 Å². The van der Waals surface area contributed by atoms with Gasteiger partial charge in [-0.15, -0.1) is 0 Å². The predicted octanol–water partition coefficient (Wildman–Crippen LogP) is 4.37. The number of aliphatic hydroxyl groups is 1. The maximum Gasteiger partial charge on any atom is 0.209 e. The van der Waals surface area contributed by atoms with Crippen LogP contribution in [-0.2, 0) is 13.1 Å². The predicted molar refractivity (Wildman–Crippen MR) is 110 cm³/mol. The molecule has 0 bridgehead atoms. The van der Waals surface area contributed by atoms with E-state index in [9.17, 15) is 5.11 Å². The van der Waals surface area contributed by atoms with Crippen molar-refractivity contribution in [3.63, 3.8) is 0 Å². The van der Waals surface area contributed by atoms with Gasteiger partial charge < -0.3 is 14.3 Å². The Bertz CT molecular complexity index is 844. The summed E-state index contributed by atoms with van der Waals surface area (Å²) in [4.78, 5) is 6.70. The molecule has 0 aliphatic rings. The normalized spacial score (nSPS) is 12.5. The van der Waals surface area contributed by atoms with E-state index < -0.39 is 0 Å². The van der Waals surface area contributed by atoms with Gasteiger partial charge in [-0.05, 0) is 35.7 Å². The Labute approximate surface area is 166 Å². The lowest BCUT2D eigenvalue weighted by atomic mass is 10.0. The lowest BCUT2D eigenvalue weighted by Crippen LogP contribution is -2.40. The largest absolute Gasteiger partial charge is 0.497 e. The Morgan fingerprint density at radius 3 is 2.36 bits per heavy atom. The first kappa shape index (κ1) is 20.1. The molecule has 5 heteroatoms. The van der Waals surface area contributed by atoms with Crippen molar-refractivity contribution in [2.45, 2.75) is 33.0 Å². The van der Waals surface area contributed by atoms with Crippen molar-refractivity contribution in [3.8, 4) is 17.1 Å². The van der Waals surface area contributed by atoms with Gasteiger partial charge in [0, 0.05) is 18.2 Å². The third-order valence-electron chi connectivity index (χ3n) is 4.92. The number of aliphatic hydroxyl groups excluding tert-OH is 1. The molecule has 0 fully saturated rings. The molecular weight excluding hydrogens is 352 g/mol. The van der Waals surface area contributed by atoms with E-state index in [1.54, 1.807) is 13.3 Å². The van der Waals surface area contributed by atoms with Crippen LogP contribution in [0.4, 0.5) is 0 Å². The Morgan fingerprint density at radius 2 is 1.75 bits per heavy atom. The van der Waals surface area contributed by atoms with Crippen molar-refractivity contribution in [2.75, 3.05) is 13.7 Å². The van der Waals surface area contributed by atoms with E-state index in [-0.39, 0.29) is 12.6 Å². The molecular formula is C23H28N2O3. The summed E-state index contributed by atoms with van der Waals surface area (Å²) in [6.07, 6.45) is 1.75. The SMILES string of the molecule is COc1ccc(-c2cnc(CN(Cc3ccccc3)C(CO)C(C)C)o2)cc1. The molecule has 148 valence electrons. The number of oxazole rings is 1. The highest BCUT2D eigenvalue weighted by Crippen LogP contribution is 2.25. The van der Waals surface area contributed by atoms with Gasteiger partial charge in [0.15, 0.2) is 5.76 Å². The fraction of sp³-hybridized carbons (Fsp3) is 0.348. The van der Waals surface area contributed by atoms with Gasteiger partial charge in [-0.2, -0.15) is 0 Å². The molecule has 0 spiro atoms. The number of aromatic nitrogens is 1. The number of nitrogens with zero attached hydrogens (tertiary/aromatic N) is 2. The molecule has 2 aromatic carbocycles. The number of hydrogen-bond donors (Lipinski definition) is 1. The highest BCUT2D eigenvalue weighted by Gasteiger charge is 2.23. The van der Waals surface area contributed by atoms with E-state index in [0.717, 1.165) is 23.6 Å². The number of hydrogen-bond acceptors (Lipinski definition) is 5. The van der Waals surface area contributed by atoms with E-state index in [1.807, 2.05) is 42.5 Å². The van der Waals surface area contributed by atoms with Crippen LogP contribution in [0.15, 0.2) is 65.2 Å². The lowest BCUT2D eigenvalue weighted by Gasteiger charge is -2.32. The molecule has 1 aromatic heterocycles. The minimum absolute atomic E-state index is 0.0246. The summed E-state index contributed by atoms with van der Waals surface area (Å²) in [7, 11) is 1.65. The fourth-order valence-electron chi connectivity index (χ4n) is 3.30. The molecule has 1 heterocycles. The summed E-state index contributed by atoms with van der Waals surface area (Å²) in [6.45, 7) is 5.60. The van der Waals surface area contributed by atoms with Gasteiger partial charge in [0.05, 0.1) is 26.5 Å². The van der Waals surface area contributed by atoms with Crippen molar-refractivity contribution in [3.05, 3.63) is 72.2 Å². The molecule has 28 heavy (non-hydrogen) atoms. The van der Waals surface area contributed by atoms with Crippen LogP contribution >= 0.6 is 0 Å². The fourth-order valence-corrected chi connectivity index (χ4v) is 3.30. The van der Waals surface area contributed by atoms with Crippen LogP contribution in [0.1, 0.15) is 25.3 Å². The zero-order chi connectivity index (χ0) is 19.9. The topological polar surface area (TPSA) is 58.7 Å². The summed E-state index contributed by atoms with van der Waals surface area (Å²) in [5.74, 6) is 2.48. The molecule has 0 aliphatic carbocycles. The third-order valence-corrected chi connectivity index (χ3v) is 4.92. The second kappa shape index (κ2) is 9.53. The highest BCUT2D eigenvalue weighted by molar-refractivity contribution is 5.57. The minimum Gasteiger partial charge on any atom is -0.497 e. The van der Waals surface area contributed by atoms with Crippen LogP contribution in [0.25, 0.3) is 11.3 Å². The molecule has 5 nitrogen and oxygen atoms in total. The van der Waals surface area contributed by atoms with Crippen molar-refractivity contribution in [1.29, 1.82) is 0 Å². The van der Waals surface area contributed by atoms with Gasteiger partial charge >= 0.3 is 0 Å². The van der Waals surface area contributed by atoms with Crippen LogP contribution in [0.2, 0.25) is 0 Å². The van der Waals surface area contributed by atoms with Crippen LogP contribution in [-0.4, -0.2) is 34.7 Å². The standard InChI is InChI=1S/C23H28N2O3/c1-17(2)21(16-26)25(14-18-7-5-4-6-8-18)15-23-24-13-22(28-23)19-9-11-20(27-3)12-10-19/h4-13,17,21,26H,14-16H2,1-3H3. The van der Waals surface area contributed by atoms with Gasteiger partial charge in [0.25, 0.3) is 0 Å². The first-order valence-corrected chi connectivity index (χ1v) is 9.58. The van der Waals surface area contributed by atoms with Crippen molar-refractivity contribution in [2.24, 2.45) is 5.92 Å². The average molecular weight is 380 g/mol. The maximum atomic E-state index is 9.95. The Morgan fingerprint density at radius 1 is 1.04 bits per heavy atom. The zero-order valence-corrected chi connectivity index (χ0v) is 16.7. The first-order valence-electron chi connectivity index (χ1n) is 9.58. The van der Waals surface area contributed by atoms with Gasteiger partial charge in [0.2, 0.25) is 5.89 Å². The number of benzene rings is 2. The number of methoxy groups -OCH3 is 1. The Balaban J connectivity index is 1.79. The Kier molecular flexibility index (Phi) is 6.85. The maximum absolute atomic E-state index is 9.95. The summed E-state index contributed by atoms with van der Waals surface area (Å²) in [5.41, 5.74) is 2.15. The molecule has 1 atom stereocenters. The molecule has 0 saturated carbocycles. The van der Waals surface area contributed by atoms with Crippen molar-refractivity contribution >= 4 is 0 Å². The van der Waals surface area contributed by atoms with Gasteiger partial charge in [-0.3, -0.25) is 4.90 Å². The highest BCUT2D eigenvalue weighted by atomic mass is 16.5. The second-order valence-corrected chi connectivity index (χ2v) is 7.23. The molecule has 0 radical (unpaired) electrons. The van der Waals surface area contributed by atoms with Gasteiger partial charge in [0.1, 0.15) is 5.75 Å². The molecule has 0 amide bonds. The van der Waals surface area contributed by atoms with Crippen LogP contribution in [0.3, 0.4) is 0 Å². The zero-order valence-electron chi connectivity index (χ0n) is 16.7. The van der Waals surface area contributed by atoms with E-state index in [0.29, 0.717) is 18.4 Å². The second-order valence-electron chi connectivity index (χ2n) is 7.23. The third kappa shape index (κ3) is 5.00. The average Bonchev–Trinajstić information content (AvgIpc) is 3.17. The molecule has 0 saturated heterocycles. The Hall–Kier alpha value is -2.63. The monoisotopic (exact) mass is 380 g/mol. The van der Waals surface area contributed by atoms with Gasteiger partial charge in [-0.1, -0.05) is 44.2 Å². The molecule has 1 unspecified atom stereocenters. The number of ether oxygens (including phenoxy) is 1. The summed E-state index contributed by atoms with van der Waals surface area (Å²) < 4.78 is 11.2. The van der Waals surface area contributed by atoms with E-state index in [1.165, 1.54) is 5.56 Å². The van der Waals surface area contributed by atoms with Crippen LogP contribution in [0.5, 0.6) is 5.75 Å². The lowest BCUT2D eigenvalue weighted by molar-refractivity contribution is 0.0715. The smallest absolute Gasteiger partial charge is 0.209 e. The molecule has 0 aliphatic heterocycles. The molecule has 3 rings (SSSR count). The van der Waals surface area contributed by atoms with Crippen molar-refractivity contribution < 1.29 is 14.3 Å². The molecule has 3 aromatic rings. The molecule has 1 N–H and O–H groups in total. The summed E-state index contributed by atoms with van der Waals surface area (Å²) >= 11 is 0. The van der Waals surface area contributed by atoms with E-state index >= 15 is 0 Å². The van der Waals surface area contributed by atoms with Crippen LogP contribution in [0, 0.1) is 5.92 Å². The first-order chi connectivity index (χ1) is 13.6. The van der Waals surface area contributed by atoms with E-state index in [4.69, 9.17) is 9.15 Å². The van der Waals surface area contributed by atoms with Crippen LogP contribution < -0.4 is 4.74 Å².